The number of pyridine rings is 1. The van der Waals surface area contributed by atoms with Gasteiger partial charge >= 0.3 is 5.69 Å². The molecular weight excluding hydrogens is 374 g/mol. The molecule has 0 radical (unpaired) electrons. The summed E-state index contributed by atoms with van der Waals surface area (Å²) in [6.07, 6.45) is 3.77. The van der Waals surface area contributed by atoms with Crippen molar-refractivity contribution in [3.05, 3.63) is 64.2 Å². The van der Waals surface area contributed by atoms with Crippen molar-refractivity contribution in [2.24, 2.45) is 0 Å². The first-order valence-electron chi connectivity index (χ1n) is 9.94. The summed E-state index contributed by atoms with van der Waals surface area (Å²) in [6.45, 7) is 6.90. The second-order valence-corrected chi connectivity index (χ2v) is 7.76. The lowest BCUT2D eigenvalue weighted by Gasteiger charge is -2.42. The molecule has 148 valence electrons. The number of fused-ring (bicyclic) bond motifs is 1. The lowest BCUT2D eigenvalue weighted by molar-refractivity contribution is 0.213. The van der Waals surface area contributed by atoms with Crippen LogP contribution >= 0.6 is 11.6 Å². The number of hydrogen-bond acceptors (Lipinski definition) is 4. The van der Waals surface area contributed by atoms with Crippen molar-refractivity contribution < 1.29 is 0 Å². The van der Waals surface area contributed by atoms with Crippen LogP contribution in [0.1, 0.15) is 19.8 Å². The molecule has 1 aliphatic rings. The van der Waals surface area contributed by atoms with E-state index in [1.54, 1.807) is 15.3 Å². The van der Waals surface area contributed by atoms with Gasteiger partial charge < -0.3 is 4.90 Å². The quantitative estimate of drug-likeness (QED) is 0.638. The van der Waals surface area contributed by atoms with E-state index in [1.807, 2.05) is 30.3 Å². The second kappa shape index (κ2) is 8.37. The van der Waals surface area contributed by atoms with Gasteiger partial charge in [-0.15, -0.1) is 5.10 Å². The van der Waals surface area contributed by atoms with Crippen molar-refractivity contribution in [3.63, 3.8) is 0 Å². The van der Waals surface area contributed by atoms with Crippen LogP contribution in [0.5, 0.6) is 0 Å². The molecule has 1 aromatic carbocycles. The number of hydrogen-bond donors (Lipinski definition) is 0. The Balaban J connectivity index is 1.35. The molecule has 3 heterocycles. The molecule has 1 aliphatic heterocycles. The zero-order chi connectivity index (χ0) is 19.5. The van der Waals surface area contributed by atoms with Crippen molar-refractivity contribution in [2.45, 2.75) is 32.4 Å². The lowest BCUT2D eigenvalue weighted by Crippen LogP contribution is -2.53. The average molecular weight is 400 g/mol. The van der Waals surface area contributed by atoms with Crippen molar-refractivity contribution in [1.82, 2.24) is 19.1 Å². The van der Waals surface area contributed by atoms with Crippen LogP contribution in [-0.2, 0) is 6.54 Å². The minimum Gasteiger partial charge on any atom is -0.366 e. The zero-order valence-corrected chi connectivity index (χ0v) is 16.9. The highest BCUT2D eigenvalue weighted by Gasteiger charge is 2.25. The van der Waals surface area contributed by atoms with Gasteiger partial charge in [0.05, 0.1) is 0 Å². The highest BCUT2D eigenvalue weighted by molar-refractivity contribution is 6.30. The normalized spacial score (nSPS) is 18.1. The van der Waals surface area contributed by atoms with Crippen LogP contribution in [0.25, 0.3) is 5.65 Å². The molecule has 0 amide bonds. The fraction of sp³-hybridized carbons (Fsp3) is 0.429. The number of benzene rings is 1. The van der Waals surface area contributed by atoms with Crippen LogP contribution < -0.4 is 10.6 Å². The van der Waals surface area contributed by atoms with Gasteiger partial charge in [-0.2, -0.15) is 0 Å². The predicted octanol–water partition coefficient (Wildman–Crippen LogP) is 3.14. The molecule has 1 unspecified atom stereocenters. The van der Waals surface area contributed by atoms with Crippen LogP contribution in [0.3, 0.4) is 0 Å². The summed E-state index contributed by atoms with van der Waals surface area (Å²) in [4.78, 5) is 17.3. The molecular formula is C21H26ClN5O. The Morgan fingerprint density at radius 2 is 2.04 bits per heavy atom. The summed E-state index contributed by atoms with van der Waals surface area (Å²) in [7, 11) is 0. The first-order valence-corrected chi connectivity index (χ1v) is 10.3. The standard InChI is InChI=1S/C21H26ClN5O/c1-2-18-16-24(13-14-25(18)19-8-5-7-17(22)15-19)10-6-12-27-21(28)26-11-4-3-9-20(26)23-27/h3-5,7-9,11,15,18H,2,6,10,12-14,16H2,1H3. The van der Waals surface area contributed by atoms with Crippen molar-refractivity contribution in [2.75, 3.05) is 31.1 Å². The first kappa shape index (κ1) is 19.0. The summed E-state index contributed by atoms with van der Waals surface area (Å²) < 4.78 is 3.17. The van der Waals surface area contributed by atoms with Gasteiger partial charge in [-0.25, -0.2) is 9.48 Å². The highest BCUT2D eigenvalue weighted by atomic mass is 35.5. The van der Waals surface area contributed by atoms with Crippen molar-refractivity contribution in [3.8, 4) is 0 Å². The molecule has 28 heavy (non-hydrogen) atoms. The molecule has 0 bridgehead atoms. The Hall–Kier alpha value is -2.31. The van der Waals surface area contributed by atoms with Crippen LogP contribution in [0.15, 0.2) is 53.5 Å². The van der Waals surface area contributed by atoms with Gasteiger partial charge in [-0.1, -0.05) is 30.7 Å². The number of rotatable bonds is 6. The van der Waals surface area contributed by atoms with E-state index >= 15 is 0 Å². The van der Waals surface area contributed by atoms with Gasteiger partial charge in [0.25, 0.3) is 0 Å². The zero-order valence-electron chi connectivity index (χ0n) is 16.2. The van der Waals surface area contributed by atoms with Gasteiger partial charge in [0.1, 0.15) is 0 Å². The molecule has 4 rings (SSSR count). The van der Waals surface area contributed by atoms with Crippen LogP contribution in [0.4, 0.5) is 5.69 Å². The third-order valence-corrected chi connectivity index (χ3v) is 5.75. The number of halogens is 1. The van der Waals surface area contributed by atoms with Gasteiger partial charge in [-0.05, 0) is 43.2 Å². The minimum atomic E-state index is -0.0622. The number of anilines is 1. The van der Waals surface area contributed by atoms with Gasteiger partial charge in [0, 0.05) is 55.7 Å². The molecule has 3 aromatic rings. The van der Waals surface area contributed by atoms with Gasteiger partial charge in [-0.3, -0.25) is 9.30 Å². The fourth-order valence-corrected chi connectivity index (χ4v) is 4.21. The SMILES string of the molecule is CCC1CN(CCCn2nc3ccccn3c2=O)CCN1c1cccc(Cl)c1. The highest BCUT2D eigenvalue weighted by Crippen LogP contribution is 2.25. The average Bonchev–Trinajstić information content (AvgIpc) is 3.04. The second-order valence-electron chi connectivity index (χ2n) is 7.32. The van der Waals surface area contributed by atoms with E-state index in [0.29, 0.717) is 18.2 Å². The summed E-state index contributed by atoms with van der Waals surface area (Å²) in [5.74, 6) is 0. The van der Waals surface area contributed by atoms with E-state index in [2.05, 4.69) is 34.0 Å². The van der Waals surface area contributed by atoms with Crippen LogP contribution in [-0.4, -0.2) is 51.3 Å². The smallest absolute Gasteiger partial charge is 0.350 e. The molecule has 1 saturated heterocycles. The number of aromatic nitrogens is 3. The Labute approximate surface area is 169 Å². The first-order chi connectivity index (χ1) is 13.7. The van der Waals surface area contributed by atoms with E-state index in [-0.39, 0.29) is 5.69 Å². The number of nitrogens with zero attached hydrogens (tertiary/aromatic N) is 5. The predicted molar refractivity (Wildman–Crippen MR) is 113 cm³/mol. The molecule has 0 aliphatic carbocycles. The van der Waals surface area contributed by atoms with Crippen molar-refractivity contribution >= 4 is 22.9 Å². The summed E-state index contributed by atoms with van der Waals surface area (Å²) >= 11 is 6.18. The Kier molecular flexibility index (Phi) is 5.69. The maximum absolute atomic E-state index is 12.4. The van der Waals surface area contributed by atoms with Gasteiger partial charge in [0.2, 0.25) is 0 Å². The van der Waals surface area contributed by atoms with Crippen LogP contribution in [0.2, 0.25) is 5.02 Å². The van der Waals surface area contributed by atoms with E-state index in [4.69, 9.17) is 11.6 Å². The van der Waals surface area contributed by atoms with Crippen molar-refractivity contribution in [1.29, 1.82) is 0 Å². The van der Waals surface area contributed by atoms with E-state index in [1.165, 1.54) is 5.69 Å². The molecule has 0 saturated carbocycles. The maximum Gasteiger partial charge on any atom is 0.350 e. The summed E-state index contributed by atoms with van der Waals surface area (Å²) in [5, 5.41) is 5.20. The maximum atomic E-state index is 12.4. The number of piperazine rings is 1. The Bertz CT molecular complexity index is 998. The number of aryl methyl sites for hydroxylation is 1. The fourth-order valence-electron chi connectivity index (χ4n) is 4.02. The minimum absolute atomic E-state index is 0.0622. The molecule has 6 nitrogen and oxygen atoms in total. The van der Waals surface area contributed by atoms with E-state index < -0.39 is 0 Å². The largest absolute Gasteiger partial charge is 0.366 e. The topological polar surface area (TPSA) is 45.8 Å². The Morgan fingerprint density at radius 1 is 1.14 bits per heavy atom. The Morgan fingerprint density at radius 3 is 2.82 bits per heavy atom. The van der Waals surface area contributed by atoms with E-state index in [9.17, 15) is 4.79 Å². The third kappa shape index (κ3) is 3.93. The van der Waals surface area contributed by atoms with Gasteiger partial charge in [0.15, 0.2) is 5.65 Å². The molecule has 1 fully saturated rings. The monoisotopic (exact) mass is 399 g/mol. The molecule has 2 aromatic heterocycles. The molecule has 0 N–H and O–H groups in total. The van der Waals surface area contributed by atoms with Crippen LogP contribution in [0, 0.1) is 0 Å². The molecule has 1 atom stereocenters. The van der Waals surface area contributed by atoms with E-state index in [0.717, 1.165) is 44.0 Å². The molecule has 0 spiro atoms. The lowest BCUT2D eigenvalue weighted by atomic mass is 10.1. The summed E-state index contributed by atoms with van der Waals surface area (Å²) in [5.41, 5.74) is 1.84. The summed E-state index contributed by atoms with van der Waals surface area (Å²) in [6, 6.07) is 14.2. The third-order valence-electron chi connectivity index (χ3n) is 5.51. The molecule has 7 heteroatoms.